The molecule has 6 heteroatoms. The van der Waals surface area contributed by atoms with Gasteiger partial charge in [0.05, 0.1) is 24.7 Å². The normalized spacial score (nSPS) is 19.1. The molecule has 0 spiro atoms. The van der Waals surface area contributed by atoms with Gasteiger partial charge in [0.1, 0.15) is 5.75 Å². The van der Waals surface area contributed by atoms with Crippen molar-refractivity contribution in [2.45, 2.75) is 17.4 Å². The van der Waals surface area contributed by atoms with Gasteiger partial charge in [-0.2, -0.15) is 4.31 Å². The van der Waals surface area contributed by atoms with Gasteiger partial charge in [-0.25, -0.2) is 8.42 Å². The second-order valence-corrected chi connectivity index (χ2v) is 7.66. The van der Waals surface area contributed by atoms with Crippen LogP contribution < -0.4 is 4.74 Å². The van der Waals surface area contributed by atoms with E-state index in [9.17, 15) is 8.42 Å². The molecule has 1 unspecified atom stereocenters. The Morgan fingerprint density at radius 2 is 1.83 bits per heavy atom. The number of hydrogen-bond acceptors (Lipinski definition) is 4. The predicted molar refractivity (Wildman–Crippen MR) is 91.6 cm³/mol. The average molecular weight is 347 g/mol. The number of rotatable bonds is 5. The quantitative estimate of drug-likeness (QED) is 0.833. The van der Waals surface area contributed by atoms with Crippen LogP contribution in [0.25, 0.3) is 0 Å². The summed E-state index contributed by atoms with van der Waals surface area (Å²) in [6.07, 6.45) is 0.573. The maximum absolute atomic E-state index is 12.8. The van der Waals surface area contributed by atoms with Crippen molar-refractivity contribution in [3.63, 3.8) is 0 Å². The molecule has 0 N–H and O–H groups in total. The molecule has 0 saturated carbocycles. The number of sulfonamides is 1. The summed E-state index contributed by atoms with van der Waals surface area (Å²) in [5, 5.41) is 0. The maximum atomic E-state index is 12.8. The minimum Gasteiger partial charge on any atom is -0.497 e. The van der Waals surface area contributed by atoms with E-state index >= 15 is 0 Å². The summed E-state index contributed by atoms with van der Waals surface area (Å²) in [5.41, 5.74) is 1.14. The Balaban J connectivity index is 1.73. The first-order valence-corrected chi connectivity index (χ1v) is 9.33. The van der Waals surface area contributed by atoms with E-state index in [2.05, 4.69) is 0 Å². The number of methoxy groups -OCH3 is 1. The first kappa shape index (κ1) is 17.0. The lowest BCUT2D eigenvalue weighted by atomic mass is 10.1. The van der Waals surface area contributed by atoms with E-state index in [0.717, 1.165) is 5.56 Å². The monoisotopic (exact) mass is 347 g/mol. The first-order chi connectivity index (χ1) is 11.6. The molecule has 0 aliphatic carbocycles. The van der Waals surface area contributed by atoms with Crippen molar-refractivity contribution >= 4 is 10.0 Å². The Bertz CT molecular complexity index is 759. The Morgan fingerprint density at radius 1 is 1.12 bits per heavy atom. The van der Waals surface area contributed by atoms with Crippen molar-refractivity contribution in [3.05, 3.63) is 60.2 Å². The number of benzene rings is 2. The maximum Gasteiger partial charge on any atom is 0.243 e. The highest BCUT2D eigenvalue weighted by Crippen LogP contribution is 2.22. The summed E-state index contributed by atoms with van der Waals surface area (Å²) in [4.78, 5) is 0.281. The minimum atomic E-state index is -3.51. The van der Waals surface area contributed by atoms with Crippen LogP contribution in [-0.2, 0) is 21.2 Å². The summed E-state index contributed by atoms with van der Waals surface area (Å²) in [6, 6.07) is 16.5. The molecule has 1 heterocycles. The fraction of sp³-hybridized carbons (Fsp3) is 0.333. The summed E-state index contributed by atoms with van der Waals surface area (Å²) >= 11 is 0. The Morgan fingerprint density at radius 3 is 2.50 bits per heavy atom. The predicted octanol–water partition coefficient (Wildman–Crippen LogP) is 2.33. The molecule has 1 saturated heterocycles. The zero-order valence-electron chi connectivity index (χ0n) is 13.6. The van der Waals surface area contributed by atoms with E-state index in [4.69, 9.17) is 9.47 Å². The third kappa shape index (κ3) is 3.77. The van der Waals surface area contributed by atoms with Crippen molar-refractivity contribution in [2.24, 2.45) is 0 Å². The van der Waals surface area contributed by atoms with Crippen molar-refractivity contribution in [1.82, 2.24) is 4.31 Å². The van der Waals surface area contributed by atoms with Crippen LogP contribution in [0.3, 0.4) is 0 Å². The van der Waals surface area contributed by atoms with E-state index in [-0.39, 0.29) is 11.0 Å². The van der Waals surface area contributed by atoms with Gasteiger partial charge in [0.15, 0.2) is 0 Å². The molecule has 0 amide bonds. The number of hydrogen-bond donors (Lipinski definition) is 0. The van der Waals surface area contributed by atoms with Crippen molar-refractivity contribution in [1.29, 1.82) is 0 Å². The van der Waals surface area contributed by atoms with Crippen LogP contribution in [0.2, 0.25) is 0 Å². The molecule has 5 nitrogen and oxygen atoms in total. The van der Waals surface area contributed by atoms with E-state index < -0.39 is 10.0 Å². The largest absolute Gasteiger partial charge is 0.497 e. The molecule has 2 aromatic rings. The number of ether oxygens (including phenoxy) is 2. The molecule has 1 atom stereocenters. The molecule has 2 aromatic carbocycles. The van der Waals surface area contributed by atoms with E-state index in [0.29, 0.717) is 31.9 Å². The fourth-order valence-corrected chi connectivity index (χ4v) is 4.26. The Hall–Kier alpha value is -1.89. The van der Waals surface area contributed by atoms with E-state index in [1.54, 1.807) is 31.4 Å². The van der Waals surface area contributed by atoms with Gasteiger partial charge in [0.25, 0.3) is 0 Å². The van der Waals surface area contributed by atoms with Crippen molar-refractivity contribution in [2.75, 3.05) is 26.8 Å². The second kappa shape index (κ2) is 7.34. The molecule has 0 bridgehead atoms. The SMILES string of the molecule is COc1ccc(S(=O)(=O)N2CCOC(Cc3ccccc3)C2)cc1. The van der Waals surface area contributed by atoms with Gasteiger partial charge in [-0.05, 0) is 36.2 Å². The van der Waals surface area contributed by atoms with Crippen LogP contribution >= 0.6 is 0 Å². The molecular weight excluding hydrogens is 326 g/mol. The molecule has 24 heavy (non-hydrogen) atoms. The summed E-state index contributed by atoms with van der Waals surface area (Å²) in [5.74, 6) is 0.637. The topological polar surface area (TPSA) is 55.8 Å². The van der Waals surface area contributed by atoms with Crippen LogP contribution in [0.5, 0.6) is 5.75 Å². The van der Waals surface area contributed by atoms with Crippen LogP contribution in [0.1, 0.15) is 5.56 Å². The molecular formula is C18H21NO4S. The van der Waals surface area contributed by atoms with Gasteiger partial charge >= 0.3 is 0 Å². The van der Waals surface area contributed by atoms with Crippen molar-refractivity contribution < 1.29 is 17.9 Å². The zero-order valence-corrected chi connectivity index (χ0v) is 14.4. The Labute approximate surface area is 142 Å². The third-order valence-corrected chi connectivity index (χ3v) is 5.98. The summed E-state index contributed by atoms with van der Waals surface area (Å²) in [7, 11) is -1.96. The lowest BCUT2D eigenvalue weighted by molar-refractivity contribution is -0.000495. The highest BCUT2D eigenvalue weighted by Gasteiger charge is 2.30. The van der Waals surface area contributed by atoms with Crippen LogP contribution in [0.15, 0.2) is 59.5 Å². The minimum absolute atomic E-state index is 0.130. The molecule has 1 aliphatic heterocycles. The molecule has 3 rings (SSSR count). The molecule has 1 aliphatic rings. The smallest absolute Gasteiger partial charge is 0.243 e. The standard InChI is InChI=1S/C18H21NO4S/c1-22-16-7-9-18(10-8-16)24(20,21)19-11-12-23-17(14-19)13-15-5-3-2-4-6-15/h2-10,17H,11-14H2,1H3. The highest BCUT2D eigenvalue weighted by molar-refractivity contribution is 7.89. The van der Waals surface area contributed by atoms with Gasteiger partial charge in [-0.15, -0.1) is 0 Å². The molecule has 128 valence electrons. The molecule has 0 aromatic heterocycles. The molecule has 1 fully saturated rings. The van der Waals surface area contributed by atoms with Gasteiger partial charge < -0.3 is 9.47 Å². The highest BCUT2D eigenvalue weighted by atomic mass is 32.2. The summed E-state index contributed by atoms with van der Waals surface area (Å²) in [6.45, 7) is 1.15. The zero-order chi connectivity index (χ0) is 17.0. The van der Waals surface area contributed by atoms with Gasteiger partial charge in [0.2, 0.25) is 10.0 Å². The van der Waals surface area contributed by atoms with E-state index in [1.165, 1.54) is 4.31 Å². The van der Waals surface area contributed by atoms with Crippen LogP contribution in [-0.4, -0.2) is 45.6 Å². The third-order valence-electron chi connectivity index (χ3n) is 4.10. The lowest BCUT2D eigenvalue weighted by Crippen LogP contribution is -2.46. The van der Waals surface area contributed by atoms with Gasteiger partial charge in [-0.3, -0.25) is 0 Å². The molecule has 0 radical (unpaired) electrons. The fourth-order valence-electron chi connectivity index (χ4n) is 2.81. The number of morpholine rings is 1. The van der Waals surface area contributed by atoms with Crippen LogP contribution in [0.4, 0.5) is 0 Å². The van der Waals surface area contributed by atoms with Crippen molar-refractivity contribution in [3.8, 4) is 5.75 Å². The Kier molecular flexibility index (Phi) is 5.18. The summed E-state index contributed by atoms with van der Waals surface area (Å²) < 4.78 is 38.0. The van der Waals surface area contributed by atoms with Gasteiger partial charge in [-0.1, -0.05) is 30.3 Å². The van der Waals surface area contributed by atoms with Gasteiger partial charge in [0, 0.05) is 13.1 Å². The first-order valence-electron chi connectivity index (χ1n) is 7.89. The lowest BCUT2D eigenvalue weighted by Gasteiger charge is -2.32. The number of nitrogens with zero attached hydrogens (tertiary/aromatic N) is 1. The second-order valence-electron chi connectivity index (χ2n) is 5.72. The van der Waals surface area contributed by atoms with Crippen LogP contribution in [0, 0.1) is 0 Å². The average Bonchev–Trinajstić information content (AvgIpc) is 2.63. The van der Waals surface area contributed by atoms with E-state index in [1.807, 2.05) is 30.3 Å².